The average molecular weight is 168 g/mol. The van der Waals surface area contributed by atoms with Crippen LogP contribution in [0.3, 0.4) is 0 Å². The van der Waals surface area contributed by atoms with Crippen LogP contribution in [-0.4, -0.2) is 15.3 Å². The van der Waals surface area contributed by atoms with Crippen molar-refractivity contribution in [2.24, 2.45) is 0 Å². The zero-order valence-electron chi connectivity index (χ0n) is 5.82. The maximum Gasteiger partial charge on any atom is 0.137 e. The second-order valence-electron chi connectivity index (χ2n) is 2.00. The Kier molecular flexibility index (Phi) is 2.32. The van der Waals surface area contributed by atoms with Crippen LogP contribution in [-0.2, 0) is 6.42 Å². The second-order valence-corrected chi connectivity index (χ2v) is 2.34. The topological polar surface area (TPSA) is 77.8 Å². The molecule has 1 rings (SSSR count). The molecule has 0 aromatic carbocycles. The van der Waals surface area contributed by atoms with Gasteiger partial charge in [0, 0.05) is 12.5 Å². The number of thiocarbonyl (C=S) groups is 1. The molecule has 4 N–H and O–H groups in total. The van der Waals surface area contributed by atoms with E-state index in [0.717, 1.165) is 0 Å². The molecule has 0 saturated carbocycles. The van der Waals surface area contributed by atoms with Crippen molar-refractivity contribution in [2.45, 2.75) is 6.42 Å². The zero-order valence-corrected chi connectivity index (χ0v) is 6.64. The Balaban J connectivity index is 2.98. The summed E-state index contributed by atoms with van der Waals surface area (Å²) in [6.07, 6.45) is 0.518. The number of hydrogen-bond donors (Lipinski definition) is 2. The van der Waals surface area contributed by atoms with Crippen molar-refractivity contribution in [1.82, 2.24) is 9.97 Å². The molecule has 11 heavy (non-hydrogen) atoms. The molecule has 58 valence electrons. The minimum atomic E-state index is 0.379. The number of nitrogen functional groups attached to an aromatic ring is 2. The highest BCUT2D eigenvalue weighted by Crippen LogP contribution is 2.03. The van der Waals surface area contributed by atoms with Crippen LogP contribution in [0.15, 0.2) is 6.07 Å². The van der Waals surface area contributed by atoms with Crippen molar-refractivity contribution in [1.29, 1.82) is 0 Å². The quantitative estimate of drug-likeness (QED) is 0.616. The molecule has 0 unspecified atom stereocenters. The summed E-state index contributed by atoms with van der Waals surface area (Å²) in [5, 5.41) is 1.54. The van der Waals surface area contributed by atoms with Gasteiger partial charge < -0.3 is 11.5 Å². The first kappa shape index (κ1) is 7.87. The van der Waals surface area contributed by atoms with Crippen molar-refractivity contribution in [3.63, 3.8) is 0 Å². The Labute approximate surface area is 69.6 Å². The minimum absolute atomic E-state index is 0.379. The van der Waals surface area contributed by atoms with Gasteiger partial charge in [-0.25, -0.2) is 9.97 Å². The third kappa shape index (κ3) is 2.12. The van der Waals surface area contributed by atoms with Crippen molar-refractivity contribution in [2.75, 3.05) is 11.5 Å². The predicted molar refractivity (Wildman–Crippen MR) is 48.2 cm³/mol. The summed E-state index contributed by atoms with van der Waals surface area (Å²) in [5.41, 5.74) is 10.8. The van der Waals surface area contributed by atoms with Crippen LogP contribution in [0.5, 0.6) is 0 Å². The van der Waals surface area contributed by atoms with E-state index in [9.17, 15) is 0 Å². The molecule has 0 fully saturated rings. The third-order valence-corrected chi connectivity index (χ3v) is 1.24. The van der Waals surface area contributed by atoms with Gasteiger partial charge in [-0.2, -0.15) is 0 Å². The molecule has 0 bridgehead atoms. The van der Waals surface area contributed by atoms with Gasteiger partial charge >= 0.3 is 0 Å². The highest BCUT2D eigenvalue weighted by molar-refractivity contribution is 7.78. The molecule has 1 heterocycles. The van der Waals surface area contributed by atoms with Crippen LogP contribution in [0.4, 0.5) is 11.6 Å². The summed E-state index contributed by atoms with van der Waals surface area (Å²) in [7, 11) is 0. The van der Waals surface area contributed by atoms with Gasteiger partial charge in [-0.3, -0.25) is 0 Å². The van der Waals surface area contributed by atoms with Crippen LogP contribution >= 0.6 is 12.2 Å². The molecule has 1 aromatic heterocycles. The molecule has 5 heteroatoms. The third-order valence-electron chi connectivity index (χ3n) is 1.08. The number of rotatable bonds is 2. The molecule has 0 radical (unpaired) electrons. The van der Waals surface area contributed by atoms with Gasteiger partial charge in [0.2, 0.25) is 0 Å². The summed E-state index contributed by atoms with van der Waals surface area (Å²) in [6.45, 7) is 0. The molecule has 0 atom stereocenters. The molecule has 0 spiro atoms. The van der Waals surface area contributed by atoms with Crippen molar-refractivity contribution < 1.29 is 0 Å². The molecule has 0 aliphatic heterocycles. The molecule has 0 aliphatic rings. The predicted octanol–water partition coefficient (Wildman–Crippen LogP) is 0.183. The molecular formula is C6H8N4S. The van der Waals surface area contributed by atoms with E-state index in [2.05, 4.69) is 22.2 Å². The molecular weight excluding hydrogens is 160 g/mol. The van der Waals surface area contributed by atoms with E-state index >= 15 is 0 Å². The van der Waals surface area contributed by atoms with Gasteiger partial charge in [0.05, 0.1) is 0 Å². The molecule has 4 nitrogen and oxygen atoms in total. The van der Waals surface area contributed by atoms with Gasteiger partial charge in [-0.1, -0.05) is 12.2 Å². The van der Waals surface area contributed by atoms with Crippen molar-refractivity contribution in [3.05, 3.63) is 11.9 Å². The van der Waals surface area contributed by atoms with Crippen LogP contribution in [0, 0.1) is 0 Å². The number of hydrogen-bond acceptors (Lipinski definition) is 5. The summed E-state index contributed by atoms with van der Waals surface area (Å²) in [5.74, 6) is 1.33. The normalized spacial score (nSPS) is 9.45. The van der Waals surface area contributed by atoms with Gasteiger partial charge in [0.1, 0.15) is 17.5 Å². The Morgan fingerprint density at radius 1 is 1.36 bits per heavy atom. The van der Waals surface area contributed by atoms with E-state index < -0.39 is 0 Å². The Bertz CT molecular complexity index is 253. The fraction of sp³-hybridized carbons (Fsp3) is 0.167. The smallest absolute Gasteiger partial charge is 0.137 e. The van der Waals surface area contributed by atoms with Crippen molar-refractivity contribution >= 4 is 29.2 Å². The number of anilines is 2. The summed E-state index contributed by atoms with van der Waals surface area (Å²) in [4.78, 5) is 7.82. The van der Waals surface area contributed by atoms with E-state index in [0.29, 0.717) is 23.9 Å². The van der Waals surface area contributed by atoms with Crippen LogP contribution in [0.25, 0.3) is 0 Å². The molecule has 1 aromatic rings. The van der Waals surface area contributed by atoms with Crippen LogP contribution < -0.4 is 11.5 Å². The monoisotopic (exact) mass is 168 g/mol. The first-order valence-electron chi connectivity index (χ1n) is 3.05. The first-order valence-corrected chi connectivity index (χ1v) is 3.52. The lowest BCUT2D eigenvalue weighted by Gasteiger charge is -1.98. The summed E-state index contributed by atoms with van der Waals surface area (Å²) >= 11 is 4.63. The van der Waals surface area contributed by atoms with E-state index in [1.54, 1.807) is 0 Å². The van der Waals surface area contributed by atoms with Gasteiger partial charge in [-0.15, -0.1) is 0 Å². The standard InChI is InChI=1S/C6H8N4S/c7-4-3-5(8)10-6(9-4)1-2-11/h2-3H,1H2,(H4,7,8,9,10). The number of nitrogens with zero attached hydrogens (tertiary/aromatic N) is 2. The average Bonchev–Trinajstić information content (AvgIpc) is 1.85. The van der Waals surface area contributed by atoms with Crippen LogP contribution in [0.1, 0.15) is 5.82 Å². The van der Waals surface area contributed by atoms with E-state index in [1.807, 2.05) is 0 Å². The summed E-state index contributed by atoms with van der Waals surface area (Å²) in [6, 6.07) is 1.51. The van der Waals surface area contributed by atoms with E-state index in [1.165, 1.54) is 11.4 Å². The van der Waals surface area contributed by atoms with Gasteiger partial charge in [0.25, 0.3) is 0 Å². The molecule has 0 aliphatic carbocycles. The maximum absolute atomic E-state index is 5.41. The lowest BCUT2D eigenvalue weighted by atomic mass is 10.4. The highest BCUT2D eigenvalue weighted by atomic mass is 32.1. The zero-order chi connectivity index (χ0) is 8.27. The first-order chi connectivity index (χ1) is 5.22. The van der Waals surface area contributed by atoms with Gasteiger partial charge in [0.15, 0.2) is 0 Å². The molecule has 0 saturated heterocycles. The Morgan fingerprint density at radius 3 is 2.36 bits per heavy atom. The Hall–Kier alpha value is -1.23. The fourth-order valence-corrected chi connectivity index (χ4v) is 0.854. The van der Waals surface area contributed by atoms with Crippen molar-refractivity contribution in [3.8, 4) is 0 Å². The Morgan fingerprint density at radius 2 is 1.91 bits per heavy atom. The lowest BCUT2D eigenvalue weighted by Crippen LogP contribution is -2.03. The largest absolute Gasteiger partial charge is 0.384 e. The lowest BCUT2D eigenvalue weighted by molar-refractivity contribution is 1.04. The minimum Gasteiger partial charge on any atom is -0.384 e. The van der Waals surface area contributed by atoms with E-state index in [4.69, 9.17) is 11.5 Å². The second kappa shape index (κ2) is 3.25. The number of aromatic nitrogens is 2. The fourth-order valence-electron chi connectivity index (χ4n) is 0.705. The van der Waals surface area contributed by atoms with Gasteiger partial charge in [-0.05, 0) is 5.37 Å². The number of nitrogens with two attached hydrogens (primary N) is 2. The van der Waals surface area contributed by atoms with Crippen LogP contribution in [0.2, 0.25) is 0 Å². The molecule has 0 amide bonds. The SMILES string of the molecule is Nc1cc(N)nc(CC=S)n1. The highest BCUT2D eigenvalue weighted by Gasteiger charge is 1.96. The van der Waals surface area contributed by atoms with E-state index in [-0.39, 0.29) is 0 Å². The summed E-state index contributed by atoms with van der Waals surface area (Å²) < 4.78 is 0. The maximum atomic E-state index is 5.41.